The van der Waals surface area contributed by atoms with Gasteiger partial charge >= 0.3 is 0 Å². The highest BCUT2D eigenvalue weighted by Gasteiger charge is 2.16. The number of benzene rings is 1. The summed E-state index contributed by atoms with van der Waals surface area (Å²) in [7, 11) is 0. The van der Waals surface area contributed by atoms with Crippen molar-refractivity contribution in [1.29, 1.82) is 0 Å². The zero-order chi connectivity index (χ0) is 13.7. The Bertz CT molecular complexity index is 340. The van der Waals surface area contributed by atoms with Crippen LogP contribution in [0.3, 0.4) is 0 Å². The van der Waals surface area contributed by atoms with Gasteiger partial charge in [0, 0.05) is 0 Å². The summed E-state index contributed by atoms with van der Waals surface area (Å²) in [5, 5.41) is 0. The maximum atomic E-state index is 5.88. The molecule has 0 unspecified atom stereocenters. The Morgan fingerprint density at radius 2 is 0.889 bits per heavy atom. The number of hydrogen-bond donors (Lipinski definition) is 0. The first-order chi connectivity index (χ1) is 8.54. The molecule has 18 heavy (non-hydrogen) atoms. The molecule has 2 heteroatoms. The van der Waals surface area contributed by atoms with Crippen LogP contribution in [0.25, 0.3) is 0 Å². The Kier molecular flexibility index (Phi) is 5.52. The van der Waals surface area contributed by atoms with Gasteiger partial charge in [-0.25, -0.2) is 0 Å². The van der Waals surface area contributed by atoms with Crippen molar-refractivity contribution in [3.8, 4) is 11.5 Å². The topological polar surface area (TPSA) is 18.5 Å². The zero-order valence-corrected chi connectivity index (χ0v) is 12.6. The Labute approximate surface area is 111 Å². The van der Waals surface area contributed by atoms with E-state index in [4.69, 9.17) is 9.47 Å². The molecule has 0 radical (unpaired) electrons. The van der Waals surface area contributed by atoms with Gasteiger partial charge < -0.3 is 9.47 Å². The lowest BCUT2D eigenvalue weighted by molar-refractivity contribution is 0.301. The minimum atomic E-state index is 0.774. The second kappa shape index (κ2) is 6.67. The predicted molar refractivity (Wildman–Crippen MR) is 77.0 cm³/mol. The van der Waals surface area contributed by atoms with E-state index in [2.05, 4.69) is 41.5 Å². The fourth-order valence-electron chi connectivity index (χ4n) is 2.08. The SMILES string of the molecule is CCCOc1c(C)c(C)c(OCCC)c(C)c1C. The van der Waals surface area contributed by atoms with Crippen molar-refractivity contribution in [1.82, 2.24) is 0 Å². The van der Waals surface area contributed by atoms with E-state index < -0.39 is 0 Å². The fourth-order valence-corrected chi connectivity index (χ4v) is 2.08. The Morgan fingerprint density at radius 3 is 1.11 bits per heavy atom. The maximum absolute atomic E-state index is 5.88. The molecule has 1 aromatic carbocycles. The van der Waals surface area contributed by atoms with E-state index in [1.807, 2.05) is 0 Å². The zero-order valence-electron chi connectivity index (χ0n) is 12.6. The quantitative estimate of drug-likeness (QED) is 0.740. The normalized spacial score (nSPS) is 10.6. The molecule has 2 nitrogen and oxygen atoms in total. The van der Waals surface area contributed by atoms with Gasteiger partial charge in [0.2, 0.25) is 0 Å². The van der Waals surface area contributed by atoms with Gasteiger partial charge in [-0.1, -0.05) is 13.8 Å². The average molecular weight is 250 g/mol. The molecule has 0 fully saturated rings. The summed E-state index contributed by atoms with van der Waals surface area (Å²) in [6, 6.07) is 0. The van der Waals surface area contributed by atoms with Crippen molar-refractivity contribution in [3.05, 3.63) is 22.3 Å². The van der Waals surface area contributed by atoms with Gasteiger partial charge in [-0.2, -0.15) is 0 Å². The van der Waals surface area contributed by atoms with Gasteiger partial charge in [0.15, 0.2) is 0 Å². The average Bonchev–Trinajstić information content (AvgIpc) is 2.37. The minimum absolute atomic E-state index is 0.774. The molecule has 1 rings (SSSR count). The summed E-state index contributed by atoms with van der Waals surface area (Å²) in [4.78, 5) is 0. The maximum Gasteiger partial charge on any atom is 0.125 e. The van der Waals surface area contributed by atoms with Crippen molar-refractivity contribution in [2.24, 2.45) is 0 Å². The van der Waals surface area contributed by atoms with Gasteiger partial charge in [-0.15, -0.1) is 0 Å². The Hall–Kier alpha value is -1.18. The van der Waals surface area contributed by atoms with Crippen molar-refractivity contribution < 1.29 is 9.47 Å². The smallest absolute Gasteiger partial charge is 0.125 e. The van der Waals surface area contributed by atoms with E-state index in [0.717, 1.165) is 37.6 Å². The van der Waals surface area contributed by atoms with Gasteiger partial charge in [0.25, 0.3) is 0 Å². The lowest BCUT2D eigenvalue weighted by Gasteiger charge is -2.20. The van der Waals surface area contributed by atoms with E-state index in [1.165, 1.54) is 22.3 Å². The highest BCUT2D eigenvalue weighted by Crippen LogP contribution is 2.37. The van der Waals surface area contributed by atoms with Gasteiger partial charge in [-0.3, -0.25) is 0 Å². The van der Waals surface area contributed by atoms with E-state index >= 15 is 0 Å². The van der Waals surface area contributed by atoms with Crippen LogP contribution in [-0.2, 0) is 0 Å². The first kappa shape index (κ1) is 14.9. The molecule has 0 aliphatic heterocycles. The molecule has 1 aromatic rings. The van der Waals surface area contributed by atoms with Crippen molar-refractivity contribution in [3.63, 3.8) is 0 Å². The summed E-state index contributed by atoms with van der Waals surface area (Å²) >= 11 is 0. The summed E-state index contributed by atoms with van der Waals surface area (Å²) in [6.45, 7) is 14.3. The fraction of sp³-hybridized carbons (Fsp3) is 0.625. The molecule has 0 aliphatic rings. The van der Waals surface area contributed by atoms with Crippen LogP contribution in [0.1, 0.15) is 48.9 Å². The molecular weight excluding hydrogens is 224 g/mol. The van der Waals surface area contributed by atoms with Crippen LogP contribution in [0.15, 0.2) is 0 Å². The Morgan fingerprint density at radius 1 is 0.611 bits per heavy atom. The van der Waals surface area contributed by atoms with Crippen LogP contribution in [-0.4, -0.2) is 13.2 Å². The van der Waals surface area contributed by atoms with Crippen LogP contribution in [0.2, 0.25) is 0 Å². The molecule has 0 heterocycles. The van der Waals surface area contributed by atoms with E-state index in [1.54, 1.807) is 0 Å². The van der Waals surface area contributed by atoms with E-state index in [9.17, 15) is 0 Å². The molecular formula is C16H26O2. The largest absolute Gasteiger partial charge is 0.493 e. The van der Waals surface area contributed by atoms with Crippen molar-refractivity contribution in [2.45, 2.75) is 54.4 Å². The number of hydrogen-bond acceptors (Lipinski definition) is 2. The van der Waals surface area contributed by atoms with Crippen LogP contribution in [0.4, 0.5) is 0 Å². The molecule has 0 aliphatic carbocycles. The molecule has 0 atom stereocenters. The second-order valence-electron chi connectivity index (χ2n) is 4.86. The third-order valence-electron chi connectivity index (χ3n) is 3.39. The van der Waals surface area contributed by atoms with Gasteiger partial charge in [-0.05, 0) is 62.8 Å². The van der Waals surface area contributed by atoms with Crippen LogP contribution < -0.4 is 9.47 Å². The lowest BCUT2D eigenvalue weighted by Crippen LogP contribution is -2.06. The second-order valence-corrected chi connectivity index (χ2v) is 4.86. The molecule has 0 saturated heterocycles. The lowest BCUT2D eigenvalue weighted by atomic mass is 9.98. The first-order valence-corrected chi connectivity index (χ1v) is 6.90. The van der Waals surface area contributed by atoms with Crippen LogP contribution in [0.5, 0.6) is 11.5 Å². The molecule has 0 aromatic heterocycles. The van der Waals surface area contributed by atoms with Crippen LogP contribution >= 0.6 is 0 Å². The third-order valence-corrected chi connectivity index (χ3v) is 3.39. The summed E-state index contributed by atoms with van der Waals surface area (Å²) in [5.41, 5.74) is 4.82. The molecule has 0 bridgehead atoms. The molecule has 0 N–H and O–H groups in total. The minimum Gasteiger partial charge on any atom is -0.493 e. The van der Waals surface area contributed by atoms with E-state index in [0.29, 0.717) is 0 Å². The van der Waals surface area contributed by atoms with Gasteiger partial charge in [0.05, 0.1) is 13.2 Å². The molecule has 0 spiro atoms. The van der Waals surface area contributed by atoms with Crippen molar-refractivity contribution >= 4 is 0 Å². The summed E-state index contributed by atoms with van der Waals surface area (Å²) < 4.78 is 11.8. The number of ether oxygens (including phenoxy) is 2. The van der Waals surface area contributed by atoms with Crippen LogP contribution in [0, 0.1) is 27.7 Å². The monoisotopic (exact) mass is 250 g/mol. The predicted octanol–water partition coefficient (Wildman–Crippen LogP) is 4.50. The standard InChI is InChI=1S/C16H26O2/c1-7-9-17-15-11(3)13(5)16(18-10-8-2)14(6)12(15)4/h7-10H2,1-6H3. The third kappa shape index (κ3) is 2.98. The highest BCUT2D eigenvalue weighted by molar-refractivity contribution is 5.57. The molecule has 0 saturated carbocycles. The molecule has 0 amide bonds. The van der Waals surface area contributed by atoms with Crippen molar-refractivity contribution in [2.75, 3.05) is 13.2 Å². The Balaban J connectivity index is 3.18. The highest BCUT2D eigenvalue weighted by atomic mass is 16.5. The van der Waals surface area contributed by atoms with E-state index in [-0.39, 0.29) is 0 Å². The van der Waals surface area contributed by atoms with Gasteiger partial charge in [0.1, 0.15) is 11.5 Å². The number of rotatable bonds is 6. The summed E-state index contributed by atoms with van der Waals surface area (Å²) in [6.07, 6.45) is 2.07. The first-order valence-electron chi connectivity index (χ1n) is 6.90. The summed E-state index contributed by atoms with van der Waals surface area (Å²) in [5.74, 6) is 2.08. The molecule has 102 valence electrons.